The zero-order chi connectivity index (χ0) is 18.8. The number of aliphatic hydroxyl groups excluding tert-OH is 1. The highest BCUT2D eigenvalue weighted by Gasteiger charge is 2.22. The molecular weight excluding hydrogens is 459 g/mol. The van der Waals surface area contributed by atoms with E-state index in [4.69, 9.17) is 14.1 Å². The van der Waals surface area contributed by atoms with Crippen LogP contribution in [-0.4, -0.2) is 67.9 Å². The van der Waals surface area contributed by atoms with Gasteiger partial charge in [0.05, 0.1) is 32.6 Å². The molecule has 1 saturated heterocycles. The van der Waals surface area contributed by atoms with Gasteiger partial charge in [-0.3, -0.25) is 9.89 Å². The van der Waals surface area contributed by atoms with Crippen molar-refractivity contribution in [1.82, 2.24) is 15.5 Å². The van der Waals surface area contributed by atoms with Gasteiger partial charge in [-0.15, -0.1) is 24.0 Å². The van der Waals surface area contributed by atoms with E-state index in [1.165, 1.54) is 0 Å². The van der Waals surface area contributed by atoms with Crippen LogP contribution < -0.4 is 10.6 Å². The first-order valence-corrected chi connectivity index (χ1v) is 9.65. The number of nitrogens with one attached hydrogen (secondary N) is 2. The van der Waals surface area contributed by atoms with Gasteiger partial charge in [0.15, 0.2) is 5.96 Å². The van der Waals surface area contributed by atoms with Crippen LogP contribution in [0.5, 0.6) is 0 Å². The first-order valence-electron chi connectivity index (χ1n) is 9.65. The zero-order valence-electron chi connectivity index (χ0n) is 16.7. The lowest BCUT2D eigenvalue weighted by atomic mass is 10.0. The molecule has 156 valence electrons. The zero-order valence-corrected chi connectivity index (χ0v) is 19.0. The molecule has 1 fully saturated rings. The second-order valence-electron chi connectivity index (χ2n) is 7.06. The number of nitrogens with zero attached hydrogens (tertiary/aromatic N) is 2. The van der Waals surface area contributed by atoms with Gasteiger partial charge >= 0.3 is 0 Å². The third kappa shape index (κ3) is 8.80. The largest absolute Gasteiger partial charge is 0.467 e. The van der Waals surface area contributed by atoms with Crippen LogP contribution in [0.4, 0.5) is 0 Å². The van der Waals surface area contributed by atoms with E-state index in [2.05, 4.69) is 29.4 Å². The van der Waals surface area contributed by atoms with Crippen LogP contribution in [0.15, 0.2) is 27.8 Å². The quantitative estimate of drug-likeness (QED) is 0.278. The maximum absolute atomic E-state index is 10.2. The highest BCUT2D eigenvalue weighted by molar-refractivity contribution is 14.0. The predicted octanol–water partition coefficient (Wildman–Crippen LogP) is 2.23. The number of hydrogen-bond donors (Lipinski definition) is 3. The standard InChI is InChI=1S/C19H34N4O3.HI/c1-4-20-19(22-14-17(24)18-6-5-9-26-18)21-13-16(12-15(2)3)23-7-10-25-11-8-23;/h5-6,9,15-17,24H,4,7-8,10-14H2,1-3H3,(H2,20,21,22);1H. The molecule has 0 aromatic carbocycles. The molecule has 1 aromatic heterocycles. The molecule has 7 nitrogen and oxygen atoms in total. The number of furan rings is 1. The Balaban J connectivity index is 0.00000364. The molecular formula is C19H35IN4O3. The van der Waals surface area contributed by atoms with E-state index >= 15 is 0 Å². The van der Waals surface area contributed by atoms with E-state index in [0.29, 0.717) is 24.3 Å². The molecule has 2 heterocycles. The van der Waals surface area contributed by atoms with Gasteiger partial charge in [0.25, 0.3) is 0 Å². The molecule has 0 amide bonds. The van der Waals surface area contributed by atoms with Crippen LogP contribution in [0.2, 0.25) is 0 Å². The Labute approximate surface area is 180 Å². The minimum atomic E-state index is -0.695. The van der Waals surface area contributed by atoms with Crippen LogP contribution in [-0.2, 0) is 4.74 Å². The molecule has 8 heteroatoms. The Bertz CT molecular complexity index is 519. The molecule has 0 spiro atoms. The van der Waals surface area contributed by atoms with Crippen molar-refractivity contribution in [2.24, 2.45) is 10.9 Å². The Kier molecular flexibility index (Phi) is 12.0. The third-order valence-corrected chi connectivity index (χ3v) is 4.44. The van der Waals surface area contributed by atoms with Crippen molar-refractivity contribution in [3.05, 3.63) is 24.2 Å². The maximum atomic E-state index is 10.2. The summed E-state index contributed by atoms with van der Waals surface area (Å²) >= 11 is 0. The van der Waals surface area contributed by atoms with Gasteiger partial charge in [0.1, 0.15) is 11.9 Å². The molecule has 2 rings (SSSR count). The van der Waals surface area contributed by atoms with Crippen molar-refractivity contribution < 1.29 is 14.3 Å². The molecule has 0 radical (unpaired) electrons. The summed E-state index contributed by atoms with van der Waals surface area (Å²) in [7, 11) is 0. The number of ether oxygens (including phenoxy) is 1. The second kappa shape index (κ2) is 13.4. The molecule has 3 N–H and O–H groups in total. The number of hydrogen-bond acceptors (Lipinski definition) is 5. The fraction of sp³-hybridized carbons (Fsp3) is 0.737. The summed E-state index contributed by atoms with van der Waals surface area (Å²) in [6, 6.07) is 3.95. The Morgan fingerprint density at radius 2 is 2.04 bits per heavy atom. The van der Waals surface area contributed by atoms with Gasteiger partial charge in [-0.05, 0) is 31.4 Å². The first kappa shape index (κ1) is 24.2. The fourth-order valence-corrected chi connectivity index (χ4v) is 3.14. The van der Waals surface area contributed by atoms with E-state index in [0.717, 1.165) is 51.8 Å². The Hall–Kier alpha value is -0.840. The molecule has 0 saturated carbocycles. The number of guanidine groups is 1. The van der Waals surface area contributed by atoms with E-state index in [1.54, 1.807) is 18.4 Å². The van der Waals surface area contributed by atoms with E-state index in [-0.39, 0.29) is 24.0 Å². The number of aliphatic imine (C=N–C) groups is 1. The molecule has 1 aromatic rings. The minimum Gasteiger partial charge on any atom is -0.467 e. The van der Waals surface area contributed by atoms with Crippen molar-refractivity contribution in [2.75, 3.05) is 45.9 Å². The van der Waals surface area contributed by atoms with Crippen LogP contribution in [0.25, 0.3) is 0 Å². The smallest absolute Gasteiger partial charge is 0.191 e. The Morgan fingerprint density at radius 3 is 2.63 bits per heavy atom. The minimum absolute atomic E-state index is 0. The summed E-state index contributed by atoms with van der Waals surface area (Å²) in [4.78, 5) is 7.25. The summed E-state index contributed by atoms with van der Waals surface area (Å²) in [6.07, 6.45) is 1.98. The van der Waals surface area contributed by atoms with Gasteiger partial charge in [-0.1, -0.05) is 13.8 Å². The van der Waals surface area contributed by atoms with Gasteiger partial charge in [0, 0.05) is 25.7 Å². The average Bonchev–Trinajstić information content (AvgIpc) is 3.18. The van der Waals surface area contributed by atoms with Crippen molar-refractivity contribution in [3.8, 4) is 0 Å². The monoisotopic (exact) mass is 494 g/mol. The fourth-order valence-electron chi connectivity index (χ4n) is 3.14. The van der Waals surface area contributed by atoms with Gasteiger partial charge in [-0.25, -0.2) is 0 Å². The normalized spacial score (nSPS) is 18.0. The third-order valence-electron chi connectivity index (χ3n) is 4.44. The number of rotatable bonds is 9. The summed E-state index contributed by atoms with van der Waals surface area (Å²) in [5.41, 5.74) is 0. The summed E-state index contributed by atoms with van der Waals surface area (Å²) in [5.74, 6) is 1.90. The second-order valence-corrected chi connectivity index (χ2v) is 7.06. The lowest BCUT2D eigenvalue weighted by molar-refractivity contribution is 0.0143. The highest BCUT2D eigenvalue weighted by Crippen LogP contribution is 2.14. The van der Waals surface area contributed by atoms with E-state index in [9.17, 15) is 5.11 Å². The first-order chi connectivity index (χ1) is 12.6. The summed E-state index contributed by atoms with van der Waals surface area (Å²) in [5, 5.41) is 16.6. The number of aliphatic hydroxyl groups is 1. The van der Waals surface area contributed by atoms with Crippen molar-refractivity contribution in [1.29, 1.82) is 0 Å². The molecule has 0 bridgehead atoms. The maximum Gasteiger partial charge on any atom is 0.191 e. The van der Waals surface area contributed by atoms with E-state index in [1.807, 2.05) is 6.92 Å². The van der Waals surface area contributed by atoms with Gasteiger partial charge < -0.3 is 24.9 Å². The van der Waals surface area contributed by atoms with Crippen molar-refractivity contribution in [3.63, 3.8) is 0 Å². The molecule has 1 aliphatic rings. The molecule has 2 unspecified atom stereocenters. The topological polar surface area (TPSA) is 82.3 Å². The number of halogens is 1. The number of morpholine rings is 1. The molecule has 1 aliphatic heterocycles. The Morgan fingerprint density at radius 1 is 1.30 bits per heavy atom. The lowest BCUT2D eigenvalue weighted by Crippen LogP contribution is -2.46. The SMILES string of the molecule is CCNC(=NCC(CC(C)C)N1CCOCC1)NCC(O)c1ccco1.I. The average molecular weight is 494 g/mol. The molecule has 27 heavy (non-hydrogen) atoms. The van der Waals surface area contributed by atoms with Crippen molar-refractivity contribution >= 4 is 29.9 Å². The molecule has 2 atom stereocenters. The molecule has 0 aliphatic carbocycles. The lowest BCUT2D eigenvalue weighted by Gasteiger charge is -2.34. The predicted molar refractivity (Wildman–Crippen MR) is 119 cm³/mol. The summed E-state index contributed by atoms with van der Waals surface area (Å²) < 4.78 is 10.7. The van der Waals surface area contributed by atoms with Crippen LogP contribution in [0, 0.1) is 5.92 Å². The van der Waals surface area contributed by atoms with Crippen LogP contribution >= 0.6 is 24.0 Å². The van der Waals surface area contributed by atoms with Crippen LogP contribution in [0.1, 0.15) is 39.1 Å². The van der Waals surface area contributed by atoms with Crippen molar-refractivity contribution in [2.45, 2.75) is 39.3 Å². The van der Waals surface area contributed by atoms with E-state index < -0.39 is 6.10 Å². The van der Waals surface area contributed by atoms with Crippen LogP contribution in [0.3, 0.4) is 0 Å². The highest BCUT2D eigenvalue weighted by atomic mass is 127. The van der Waals surface area contributed by atoms with Gasteiger partial charge in [-0.2, -0.15) is 0 Å². The summed E-state index contributed by atoms with van der Waals surface area (Å²) in [6.45, 7) is 11.9. The van der Waals surface area contributed by atoms with Gasteiger partial charge in [0.2, 0.25) is 0 Å².